The molecule has 1 aromatic heterocycles. The van der Waals surface area contributed by atoms with Gasteiger partial charge in [0.2, 0.25) is 0 Å². The monoisotopic (exact) mass is 612 g/mol. The van der Waals surface area contributed by atoms with E-state index in [0.717, 1.165) is 18.6 Å². The molecule has 212 valence electrons. The fourth-order valence-corrected chi connectivity index (χ4v) is 4.55. The zero-order valence-corrected chi connectivity index (χ0v) is 23.8. The summed E-state index contributed by atoms with van der Waals surface area (Å²) < 4.78 is 47.9. The SMILES string of the molecule is CCCNC/C(C(=Nc1ccc(Cl)cc1Cl)c1ccc(C#Cc2ccc(C(F)(F)F)cc2)s1)=C(/N)C(N)=O.CF. The Labute approximate surface area is 243 Å². The number of nitrogens with one attached hydrogen (secondary N) is 1. The first-order chi connectivity index (χ1) is 19.0. The highest BCUT2D eigenvalue weighted by Gasteiger charge is 2.29. The molecule has 1 heterocycles. The standard InChI is InChI=1S/C27H23Cl2F3N4OS.CH3F/c1-2-13-35-15-20(24(33)26(34)37)25(36-22-11-8-18(28)14-21(22)29)23-12-10-19(38-23)9-5-16-3-6-17(7-4-16)27(30,31)32;1-2/h3-4,6-8,10-12,14,35H,2,13,15,33H2,1H3,(H2,34,37);1H3/b24-20-,36-25?;. The Hall–Kier alpha value is -3.36. The summed E-state index contributed by atoms with van der Waals surface area (Å²) in [6, 6.07) is 12.9. The van der Waals surface area contributed by atoms with Gasteiger partial charge in [0, 0.05) is 22.7 Å². The van der Waals surface area contributed by atoms with Crippen molar-refractivity contribution in [1.29, 1.82) is 0 Å². The van der Waals surface area contributed by atoms with Crippen molar-refractivity contribution in [3.8, 4) is 11.8 Å². The number of primary amides is 1. The Morgan fingerprint density at radius 3 is 2.27 bits per heavy atom. The number of hydrogen-bond donors (Lipinski definition) is 3. The van der Waals surface area contributed by atoms with Crippen molar-refractivity contribution >= 4 is 51.8 Å². The van der Waals surface area contributed by atoms with Gasteiger partial charge in [0.05, 0.1) is 38.9 Å². The molecular formula is C28H26Cl2F4N4OS. The lowest BCUT2D eigenvalue weighted by Gasteiger charge is -2.14. The number of rotatable bonds is 8. The predicted octanol–water partition coefficient (Wildman–Crippen LogP) is 6.88. The first-order valence-corrected chi connectivity index (χ1v) is 13.3. The summed E-state index contributed by atoms with van der Waals surface area (Å²) in [6.07, 6.45) is -3.57. The molecule has 3 aromatic rings. The Kier molecular flexibility index (Phi) is 12.7. The van der Waals surface area contributed by atoms with Gasteiger partial charge in [0.25, 0.3) is 5.91 Å². The molecule has 5 N–H and O–H groups in total. The normalized spacial score (nSPS) is 12.1. The summed E-state index contributed by atoms with van der Waals surface area (Å²) in [5, 5.41) is 3.95. The number of nitrogens with two attached hydrogens (primary N) is 2. The molecule has 40 heavy (non-hydrogen) atoms. The second-order valence-corrected chi connectivity index (χ2v) is 9.91. The highest BCUT2D eigenvalue weighted by molar-refractivity contribution is 7.14. The van der Waals surface area contributed by atoms with Crippen LogP contribution in [-0.4, -0.2) is 31.9 Å². The van der Waals surface area contributed by atoms with Crippen LogP contribution in [0.3, 0.4) is 0 Å². The van der Waals surface area contributed by atoms with Crippen molar-refractivity contribution in [2.75, 3.05) is 20.3 Å². The molecule has 0 saturated heterocycles. The van der Waals surface area contributed by atoms with Gasteiger partial charge in [0.1, 0.15) is 5.70 Å². The molecule has 1 amide bonds. The highest BCUT2D eigenvalue weighted by Crippen LogP contribution is 2.31. The van der Waals surface area contributed by atoms with E-state index in [1.54, 1.807) is 30.3 Å². The van der Waals surface area contributed by atoms with Crippen LogP contribution in [0.1, 0.15) is 34.2 Å². The van der Waals surface area contributed by atoms with Crippen molar-refractivity contribution in [2.45, 2.75) is 19.5 Å². The Bertz CT molecular complexity index is 1440. The number of aliphatic imine (C=N–C) groups is 1. The van der Waals surface area contributed by atoms with E-state index >= 15 is 0 Å². The van der Waals surface area contributed by atoms with Gasteiger partial charge in [-0.1, -0.05) is 42.0 Å². The summed E-state index contributed by atoms with van der Waals surface area (Å²) in [5.41, 5.74) is 12.3. The van der Waals surface area contributed by atoms with Crippen LogP contribution in [-0.2, 0) is 11.0 Å². The van der Waals surface area contributed by atoms with Crippen molar-refractivity contribution in [3.63, 3.8) is 0 Å². The van der Waals surface area contributed by atoms with E-state index in [0.29, 0.717) is 56.1 Å². The summed E-state index contributed by atoms with van der Waals surface area (Å²) in [6.45, 7) is 2.88. The number of halogens is 6. The average molecular weight is 614 g/mol. The molecule has 0 aliphatic heterocycles. The molecule has 12 heteroatoms. The summed E-state index contributed by atoms with van der Waals surface area (Å²) in [4.78, 5) is 18.0. The average Bonchev–Trinajstić information content (AvgIpc) is 3.39. The van der Waals surface area contributed by atoms with Gasteiger partial charge in [-0.25, -0.2) is 4.99 Å². The number of carbonyl (C=O) groups is 1. The van der Waals surface area contributed by atoms with Gasteiger partial charge >= 0.3 is 6.18 Å². The van der Waals surface area contributed by atoms with Crippen LogP contribution in [0.25, 0.3) is 0 Å². The van der Waals surface area contributed by atoms with E-state index in [9.17, 15) is 22.4 Å². The molecule has 0 spiro atoms. The number of amides is 1. The third kappa shape index (κ3) is 9.38. The molecule has 0 aliphatic carbocycles. The Balaban J connectivity index is 0.00000274. The molecule has 5 nitrogen and oxygen atoms in total. The number of alkyl halides is 4. The van der Waals surface area contributed by atoms with Crippen LogP contribution in [0.2, 0.25) is 10.0 Å². The molecule has 3 rings (SSSR count). The Morgan fingerprint density at radius 2 is 1.70 bits per heavy atom. The molecular weight excluding hydrogens is 587 g/mol. The zero-order valence-electron chi connectivity index (χ0n) is 21.5. The topological polar surface area (TPSA) is 93.5 Å². The quantitative estimate of drug-likeness (QED) is 0.0851. The third-order valence-electron chi connectivity index (χ3n) is 5.13. The second-order valence-electron chi connectivity index (χ2n) is 7.98. The molecule has 0 atom stereocenters. The highest BCUT2D eigenvalue weighted by atomic mass is 35.5. The minimum absolute atomic E-state index is 0.150. The second kappa shape index (κ2) is 15.4. The van der Waals surface area contributed by atoms with Gasteiger partial charge in [-0.3, -0.25) is 9.18 Å². The van der Waals surface area contributed by atoms with E-state index in [1.165, 1.54) is 23.5 Å². The van der Waals surface area contributed by atoms with E-state index in [-0.39, 0.29) is 12.2 Å². The van der Waals surface area contributed by atoms with E-state index in [4.69, 9.17) is 39.7 Å². The molecule has 0 aliphatic rings. The number of nitrogens with zero attached hydrogens (tertiary/aromatic N) is 1. The molecule has 0 saturated carbocycles. The number of carbonyl (C=O) groups excluding carboxylic acids is 1. The lowest BCUT2D eigenvalue weighted by atomic mass is 10.1. The number of hydrogen-bond acceptors (Lipinski definition) is 5. The fraction of sp³-hybridized carbons (Fsp3) is 0.214. The zero-order chi connectivity index (χ0) is 29.9. The predicted molar refractivity (Wildman–Crippen MR) is 155 cm³/mol. The number of benzene rings is 2. The van der Waals surface area contributed by atoms with E-state index in [1.807, 2.05) is 6.92 Å². The number of thiophene rings is 1. The fourth-order valence-electron chi connectivity index (χ4n) is 3.22. The lowest BCUT2D eigenvalue weighted by molar-refractivity contribution is -0.137. The first-order valence-electron chi connectivity index (χ1n) is 11.7. The van der Waals surface area contributed by atoms with Crippen LogP contribution in [0, 0.1) is 11.8 Å². The summed E-state index contributed by atoms with van der Waals surface area (Å²) >= 11 is 13.7. The summed E-state index contributed by atoms with van der Waals surface area (Å²) in [7, 11) is 0.500. The van der Waals surface area contributed by atoms with E-state index in [2.05, 4.69) is 17.2 Å². The largest absolute Gasteiger partial charge is 0.416 e. The van der Waals surface area contributed by atoms with Crippen molar-refractivity contribution in [3.05, 3.63) is 96.8 Å². The van der Waals surface area contributed by atoms with Crippen molar-refractivity contribution in [1.82, 2.24) is 5.32 Å². The Morgan fingerprint density at radius 1 is 1.02 bits per heavy atom. The van der Waals surface area contributed by atoms with Gasteiger partial charge in [0.15, 0.2) is 0 Å². The van der Waals surface area contributed by atoms with Crippen LogP contribution >= 0.6 is 34.5 Å². The van der Waals surface area contributed by atoms with Crippen LogP contribution in [0.15, 0.2) is 70.9 Å². The van der Waals surface area contributed by atoms with Crippen molar-refractivity contribution < 1.29 is 22.4 Å². The third-order valence-corrected chi connectivity index (χ3v) is 6.67. The van der Waals surface area contributed by atoms with Crippen LogP contribution < -0.4 is 16.8 Å². The van der Waals surface area contributed by atoms with Gasteiger partial charge in [-0.2, -0.15) is 13.2 Å². The molecule has 0 radical (unpaired) electrons. The molecule has 0 unspecified atom stereocenters. The first kappa shape index (κ1) is 32.8. The van der Waals surface area contributed by atoms with Gasteiger partial charge in [-0.15, -0.1) is 11.3 Å². The maximum absolute atomic E-state index is 12.8. The smallest absolute Gasteiger partial charge is 0.394 e. The van der Waals surface area contributed by atoms with Crippen molar-refractivity contribution in [2.24, 2.45) is 16.5 Å². The molecule has 2 aromatic carbocycles. The maximum atomic E-state index is 12.8. The maximum Gasteiger partial charge on any atom is 0.416 e. The van der Waals surface area contributed by atoms with E-state index < -0.39 is 17.6 Å². The van der Waals surface area contributed by atoms with Gasteiger partial charge in [-0.05, 0) is 67.6 Å². The lowest BCUT2D eigenvalue weighted by Crippen LogP contribution is -2.30. The minimum atomic E-state index is -4.42. The molecule has 0 fully saturated rings. The van der Waals surface area contributed by atoms with Crippen LogP contribution in [0.5, 0.6) is 0 Å². The summed E-state index contributed by atoms with van der Waals surface area (Å²) in [5.74, 6) is 5.02. The minimum Gasteiger partial charge on any atom is -0.394 e. The van der Waals surface area contributed by atoms with Gasteiger partial charge < -0.3 is 16.8 Å². The molecule has 0 bridgehead atoms. The van der Waals surface area contributed by atoms with Crippen LogP contribution in [0.4, 0.5) is 23.2 Å².